The van der Waals surface area contributed by atoms with Crippen molar-refractivity contribution in [1.82, 2.24) is 39.6 Å². The van der Waals surface area contributed by atoms with E-state index in [0.717, 1.165) is 54.8 Å². The number of piperidine rings is 1. The Morgan fingerprint density at radius 3 is 2.74 bits per heavy atom. The van der Waals surface area contributed by atoms with Gasteiger partial charge in [-0.15, -0.1) is 0 Å². The van der Waals surface area contributed by atoms with Crippen molar-refractivity contribution in [3.8, 4) is 29.0 Å². The van der Waals surface area contributed by atoms with E-state index < -0.39 is 5.91 Å². The Hall–Kier alpha value is -4.04. The molecular weight excluding hydrogens is 444 g/mol. The monoisotopic (exact) mass is 472 g/mol. The highest BCUT2D eigenvalue weighted by Crippen LogP contribution is 2.30. The lowest BCUT2D eigenvalue weighted by Crippen LogP contribution is -2.35. The number of carbonyl (C=O) groups excluding carboxylic acids is 1. The van der Waals surface area contributed by atoms with Crippen LogP contribution in [0, 0.1) is 24.2 Å². The zero-order chi connectivity index (χ0) is 24.5. The molecule has 0 atom stereocenters. The van der Waals surface area contributed by atoms with E-state index in [2.05, 4.69) is 31.4 Å². The van der Waals surface area contributed by atoms with Gasteiger partial charge in [-0.05, 0) is 58.0 Å². The molecule has 1 fully saturated rings. The molecule has 0 radical (unpaired) electrons. The molecule has 4 heterocycles. The highest BCUT2D eigenvalue weighted by atomic mass is 16.1. The molecule has 180 valence electrons. The van der Waals surface area contributed by atoms with Gasteiger partial charge in [0.2, 0.25) is 5.91 Å². The SMILES string of the molecule is CCn1nc(C)cc1-c1nc(-c2cc(C(N)=O)cc3c2cnn3CCN2CCC(C#N)CC2)n[nH]1. The van der Waals surface area contributed by atoms with Crippen molar-refractivity contribution >= 4 is 16.8 Å². The molecule has 1 aliphatic rings. The number of H-pyrrole nitrogens is 1. The van der Waals surface area contributed by atoms with Crippen molar-refractivity contribution in [3.63, 3.8) is 0 Å². The van der Waals surface area contributed by atoms with Gasteiger partial charge in [0.1, 0.15) is 5.69 Å². The molecule has 0 aliphatic carbocycles. The molecular formula is C24H28N10O. The third-order valence-electron chi connectivity index (χ3n) is 6.62. The predicted octanol–water partition coefficient (Wildman–Crippen LogP) is 2.35. The lowest BCUT2D eigenvalue weighted by Gasteiger charge is -2.28. The van der Waals surface area contributed by atoms with Crippen LogP contribution in [-0.4, -0.2) is 65.2 Å². The number of hydrogen-bond donors (Lipinski definition) is 2. The predicted molar refractivity (Wildman–Crippen MR) is 130 cm³/mol. The molecule has 0 spiro atoms. The standard InChI is InChI=1S/C24H28N10O/c1-3-33-21(10-15(2)31-33)24-28-23(29-30-24)18-11-17(22(26)35)12-20-19(18)14-27-34(20)9-8-32-6-4-16(13-25)5-7-32/h10-12,14,16H,3-9H2,1-2H3,(H2,26,35)(H,28,29,30). The number of hydrogen-bond acceptors (Lipinski definition) is 7. The van der Waals surface area contributed by atoms with Crippen LogP contribution in [-0.2, 0) is 13.1 Å². The first-order valence-corrected chi connectivity index (χ1v) is 11.9. The van der Waals surface area contributed by atoms with Crippen LogP contribution in [0.4, 0.5) is 0 Å². The fourth-order valence-electron chi connectivity index (χ4n) is 4.68. The quantitative estimate of drug-likeness (QED) is 0.419. The molecule has 11 nitrogen and oxygen atoms in total. The lowest BCUT2D eigenvalue weighted by atomic mass is 9.99. The number of likely N-dealkylation sites (tertiary alicyclic amines) is 1. The molecule has 0 bridgehead atoms. The van der Waals surface area contributed by atoms with E-state index in [1.807, 2.05) is 29.3 Å². The summed E-state index contributed by atoms with van der Waals surface area (Å²) in [6, 6.07) is 7.83. The van der Waals surface area contributed by atoms with Crippen LogP contribution in [0.25, 0.3) is 33.8 Å². The summed E-state index contributed by atoms with van der Waals surface area (Å²) in [7, 11) is 0. The van der Waals surface area contributed by atoms with Crippen LogP contribution >= 0.6 is 0 Å². The first-order chi connectivity index (χ1) is 17.0. The molecule has 11 heteroatoms. The third-order valence-corrected chi connectivity index (χ3v) is 6.62. The van der Waals surface area contributed by atoms with Crippen LogP contribution in [0.1, 0.15) is 35.8 Å². The van der Waals surface area contributed by atoms with Gasteiger partial charge >= 0.3 is 0 Å². The number of aryl methyl sites for hydroxylation is 2. The second kappa shape index (κ2) is 9.31. The molecule has 1 aromatic carbocycles. The Balaban J connectivity index is 1.46. The normalized spacial score (nSPS) is 15.0. The van der Waals surface area contributed by atoms with Crippen molar-refractivity contribution < 1.29 is 4.79 Å². The number of nitrogens with two attached hydrogens (primary N) is 1. The summed E-state index contributed by atoms with van der Waals surface area (Å²) in [5, 5.41) is 26.5. The van der Waals surface area contributed by atoms with E-state index in [1.165, 1.54) is 0 Å². The van der Waals surface area contributed by atoms with Gasteiger partial charge in [-0.25, -0.2) is 4.98 Å². The molecule has 4 aromatic rings. The van der Waals surface area contributed by atoms with Gasteiger partial charge in [0.25, 0.3) is 0 Å². The average Bonchev–Trinajstić information content (AvgIpc) is 3.60. The minimum absolute atomic E-state index is 0.156. The maximum absolute atomic E-state index is 12.1. The molecule has 5 rings (SSSR count). The maximum atomic E-state index is 12.1. The number of fused-ring (bicyclic) bond motifs is 1. The number of primary amides is 1. The van der Waals surface area contributed by atoms with Crippen LogP contribution in [0.15, 0.2) is 24.4 Å². The van der Waals surface area contributed by atoms with Crippen molar-refractivity contribution in [1.29, 1.82) is 5.26 Å². The Labute approximate surface area is 202 Å². The molecule has 3 aromatic heterocycles. The highest BCUT2D eigenvalue weighted by molar-refractivity contribution is 6.02. The van der Waals surface area contributed by atoms with E-state index in [0.29, 0.717) is 35.9 Å². The molecule has 1 amide bonds. The number of aromatic nitrogens is 7. The van der Waals surface area contributed by atoms with Gasteiger partial charge in [-0.3, -0.25) is 19.3 Å². The van der Waals surface area contributed by atoms with E-state index in [1.54, 1.807) is 18.3 Å². The molecule has 35 heavy (non-hydrogen) atoms. The molecule has 3 N–H and O–H groups in total. The number of nitrogens with zero attached hydrogens (tertiary/aromatic N) is 8. The largest absolute Gasteiger partial charge is 0.366 e. The minimum Gasteiger partial charge on any atom is -0.366 e. The van der Waals surface area contributed by atoms with Crippen molar-refractivity contribution in [2.75, 3.05) is 19.6 Å². The zero-order valence-electron chi connectivity index (χ0n) is 19.9. The van der Waals surface area contributed by atoms with Crippen molar-refractivity contribution in [3.05, 3.63) is 35.7 Å². The number of nitrogens with one attached hydrogen (secondary N) is 1. The topological polar surface area (TPSA) is 147 Å². The first kappa shape index (κ1) is 22.7. The van der Waals surface area contributed by atoms with Crippen molar-refractivity contribution in [2.24, 2.45) is 11.7 Å². The van der Waals surface area contributed by atoms with Gasteiger partial charge in [-0.2, -0.15) is 20.6 Å². The number of benzene rings is 1. The molecule has 1 aliphatic heterocycles. The van der Waals surface area contributed by atoms with Crippen LogP contribution in [0.2, 0.25) is 0 Å². The summed E-state index contributed by atoms with van der Waals surface area (Å²) < 4.78 is 3.76. The van der Waals surface area contributed by atoms with Gasteiger partial charge in [-0.1, -0.05) is 0 Å². The van der Waals surface area contributed by atoms with Crippen LogP contribution < -0.4 is 5.73 Å². The first-order valence-electron chi connectivity index (χ1n) is 11.9. The number of aromatic amines is 1. The summed E-state index contributed by atoms with van der Waals surface area (Å²) in [5.41, 5.74) is 9.29. The van der Waals surface area contributed by atoms with Crippen LogP contribution in [0.3, 0.4) is 0 Å². The highest BCUT2D eigenvalue weighted by Gasteiger charge is 2.21. The fraction of sp³-hybridized carbons (Fsp3) is 0.417. The summed E-state index contributed by atoms with van der Waals surface area (Å²) in [6.45, 7) is 7.96. The fourth-order valence-corrected chi connectivity index (χ4v) is 4.68. The zero-order valence-corrected chi connectivity index (χ0v) is 19.9. The summed E-state index contributed by atoms with van der Waals surface area (Å²) >= 11 is 0. The molecule has 1 saturated heterocycles. The number of amides is 1. The van der Waals surface area contributed by atoms with E-state index in [-0.39, 0.29) is 5.92 Å². The van der Waals surface area contributed by atoms with Gasteiger partial charge in [0.05, 0.1) is 30.0 Å². The Morgan fingerprint density at radius 2 is 2.03 bits per heavy atom. The second-order valence-electron chi connectivity index (χ2n) is 8.93. The van der Waals surface area contributed by atoms with Crippen LogP contribution in [0.5, 0.6) is 0 Å². The van der Waals surface area contributed by atoms with Crippen molar-refractivity contribution in [2.45, 2.75) is 39.8 Å². The third kappa shape index (κ3) is 4.40. The van der Waals surface area contributed by atoms with E-state index >= 15 is 0 Å². The summed E-state index contributed by atoms with van der Waals surface area (Å²) in [4.78, 5) is 19.2. The van der Waals surface area contributed by atoms with Gasteiger partial charge in [0, 0.05) is 35.5 Å². The van der Waals surface area contributed by atoms with E-state index in [4.69, 9.17) is 16.0 Å². The summed E-state index contributed by atoms with van der Waals surface area (Å²) in [5.74, 6) is 0.708. The molecule has 0 saturated carbocycles. The number of nitriles is 1. The minimum atomic E-state index is -0.519. The Bertz CT molecular complexity index is 1410. The molecule has 0 unspecified atom stereocenters. The summed E-state index contributed by atoms with van der Waals surface area (Å²) in [6.07, 6.45) is 3.58. The van der Waals surface area contributed by atoms with E-state index in [9.17, 15) is 4.79 Å². The van der Waals surface area contributed by atoms with Gasteiger partial charge in [0.15, 0.2) is 11.6 Å². The maximum Gasteiger partial charge on any atom is 0.248 e. The lowest BCUT2D eigenvalue weighted by molar-refractivity contribution is 0.100. The van der Waals surface area contributed by atoms with Gasteiger partial charge < -0.3 is 10.6 Å². The number of carbonyl (C=O) groups is 1. The Morgan fingerprint density at radius 1 is 1.23 bits per heavy atom. The number of rotatable bonds is 7. The smallest absolute Gasteiger partial charge is 0.248 e. The second-order valence-corrected chi connectivity index (χ2v) is 8.93. The Kier molecular flexibility index (Phi) is 6.05. The average molecular weight is 473 g/mol.